The smallest absolute Gasteiger partial charge is 0.263 e. The maximum Gasteiger partial charge on any atom is 0.263 e. The van der Waals surface area contributed by atoms with Gasteiger partial charge in [0.2, 0.25) is 0 Å². The van der Waals surface area contributed by atoms with Crippen molar-refractivity contribution in [3.05, 3.63) is 104 Å². The number of halogens is 1. The Labute approximate surface area is 200 Å². The van der Waals surface area contributed by atoms with E-state index in [2.05, 4.69) is 20.3 Å². The summed E-state index contributed by atoms with van der Waals surface area (Å²) in [5.74, 6) is 0.366. The summed E-state index contributed by atoms with van der Waals surface area (Å²) < 4.78 is 1.65. The lowest BCUT2D eigenvalue weighted by Gasteiger charge is -2.24. The highest BCUT2D eigenvalue weighted by molar-refractivity contribution is 6.36. The molecular formula is C26H22ClN5O2. The number of hydrogen-bond acceptors (Lipinski definition) is 5. The van der Waals surface area contributed by atoms with Crippen LogP contribution in [0.3, 0.4) is 0 Å². The molecule has 0 spiro atoms. The van der Waals surface area contributed by atoms with E-state index in [0.717, 1.165) is 5.56 Å². The van der Waals surface area contributed by atoms with Crippen molar-refractivity contribution < 1.29 is 0 Å². The number of benzene rings is 2. The summed E-state index contributed by atoms with van der Waals surface area (Å²) in [6.45, 7) is 3.91. The standard InChI is InChI=1S/C26H22ClN5O2/c1-3-16-8-7-11-18-20(16)26(34)32(17-9-5-4-6-10-17)23(22(18)27)15(2)31-25-21-19(33)12-13-28-24(21)29-14-30-25/h4-15H,3H2,1-2H3,(H2,28,29,30,31,33)/t15-/m0/s1. The average Bonchev–Trinajstić information content (AvgIpc) is 2.86. The molecule has 5 rings (SSSR count). The Hall–Kier alpha value is -3.97. The van der Waals surface area contributed by atoms with Crippen LogP contribution < -0.4 is 16.3 Å². The monoisotopic (exact) mass is 471 g/mol. The van der Waals surface area contributed by atoms with E-state index in [-0.39, 0.29) is 11.0 Å². The second-order valence-electron chi connectivity index (χ2n) is 8.02. The van der Waals surface area contributed by atoms with Crippen LogP contribution in [0.15, 0.2) is 76.7 Å². The van der Waals surface area contributed by atoms with Crippen molar-refractivity contribution in [3.8, 4) is 5.69 Å². The molecule has 2 aromatic carbocycles. The Balaban J connectivity index is 1.78. The number of hydrogen-bond donors (Lipinski definition) is 2. The van der Waals surface area contributed by atoms with Gasteiger partial charge >= 0.3 is 0 Å². The minimum Gasteiger partial charge on any atom is -0.361 e. The number of nitrogens with zero attached hydrogens (tertiary/aromatic N) is 3. The quantitative estimate of drug-likeness (QED) is 0.376. The largest absolute Gasteiger partial charge is 0.361 e. The molecule has 0 unspecified atom stereocenters. The molecule has 7 nitrogen and oxygen atoms in total. The summed E-state index contributed by atoms with van der Waals surface area (Å²) >= 11 is 7.01. The van der Waals surface area contributed by atoms with Gasteiger partial charge in [-0.2, -0.15) is 0 Å². The lowest BCUT2D eigenvalue weighted by atomic mass is 10.0. The van der Waals surface area contributed by atoms with Gasteiger partial charge in [0.05, 0.1) is 22.1 Å². The average molecular weight is 472 g/mol. The van der Waals surface area contributed by atoms with Crippen molar-refractivity contribution in [3.63, 3.8) is 0 Å². The van der Waals surface area contributed by atoms with Gasteiger partial charge in [-0.15, -0.1) is 0 Å². The van der Waals surface area contributed by atoms with Gasteiger partial charge in [0.25, 0.3) is 5.56 Å². The van der Waals surface area contributed by atoms with Crippen LogP contribution in [0.1, 0.15) is 31.1 Å². The van der Waals surface area contributed by atoms with Gasteiger partial charge in [-0.1, -0.05) is 54.9 Å². The van der Waals surface area contributed by atoms with Crippen LogP contribution in [0.5, 0.6) is 0 Å². The van der Waals surface area contributed by atoms with Gasteiger partial charge in [0, 0.05) is 23.3 Å². The first-order chi connectivity index (χ1) is 16.5. The third-order valence-corrected chi connectivity index (χ3v) is 6.37. The first-order valence-corrected chi connectivity index (χ1v) is 11.4. The fourth-order valence-corrected chi connectivity index (χ4v) is 4.80. The molecule has 8 heteroatoms. The Morgan fingerprint density at radius 1 is 1.03 bits per heavy atom. The predicted molar refractivity (Wildman–Crippen MR) is 136 cm³/mol. The molecule has 0 saturated heterocycles. The molecule has 5 aromatic rings. The van der Waals surface area contributed by atoms with Crippen molar-refractivity contribution >= 4 is 39.2 Å². The van der Waals surface area contributed by atoms with E-state index in [1.165, 1.54) is 12.4 Å². The van der Waals surface area contributed by atoms with Gasteiger partial charge < -0.3 is 10.3 Å². The van der Waals surface area contributed by atoms with E-state index in [9.17, 15) is 9.59 Å². The molecule has 34 heavy (non-hydrogen) atoms. The maximum absolute atomic E-state index is 13.9. The van der Waals surface area contributed by atoms with E-state index in [4.69, 9.17) is 11.6 Å². The summed E-state index contributed by atoms with van der Waals surface area (Å²) in [4.78, 5) is 37.9. The molecule has 0 aliphatic carbocycles. The first-order valence-electron chi connectivity index (χ1n) is 11.0. The Kier molecular flexibility index (Phi) is 5.63. The van der Waals surface area contributed by atoms with Crippen molar-refractivity contribution in [2.75, 3.05) is 5.32 Å². The van der Waals surface area contributed by atoms with E-state index in [1.54, 1.807) is 10.8 Å². The van der Waals surface area contributed by atoms with Crippen LogP contribution >= 0.6 is 11.6 Å². The molecule has 0 saturated carbocycles. The number of aromatic amines is 1. The lowest BCUT2D eigenvalue weighted by molar-refractivity contribution is 0.774. The van der Waals surface area contributed by atoms with Crippen molar-refractivity contribution in [2.45, 2.75) is 26.3 Å². The predicted octanol–water partition coefficient (Wildman–Crippen LogP) is 5.01. The van der Waals surface area contributed by atoms with E-state index < -0.39 is 6.04 Å². The van der Waals surface area contributed by atoms with Gasteiger partial charge in [-0.3, -0.25) is 14.2 Å². The van der Waals surface area contributed by atoms with E-state index >= 15 is 0 Å². The Morgan fingerprint density at radius 3 is 2.59 bits per heavy atom. The zero-order chi connectivity index (χ0) is 23.8. The molecule has 0 fully saturated rings. The Bertz CT molecular complexity index is 1640. The molecule has 1 atom stereocenters. The van der Waals surface area contributed by atoms with Crippen molar-refractivity contribution in [1.82, 2.24) is 19.5 Å². The minimum atomic E-state index is -0.465. The van der Waals surface area contributed by atoms with Crippen molar-refractivity contribution in [2.24, 2.45) is 0 Å². The lowest BCUT2D eigenvalue weighted by Crippen LogP contribution is -2.27. The van der Waals surface area contributed by atoms with Crippen LogP contribution in [0, 0.1) is 0 Å². The Morgan fingerprint density at radius 2 is 1.82 bits per heavy atom. The third-order valence-electron chi connectivity index (χ3n) is 5.98. The molecule has 2 N–H and O–H groups in total. The van der Waals surface area contributed by atoms with Crippen LogP contribution in [0.25, 0.3) is 27.5 Å². The molecule has 0 bridgehead atoms. The van der Waals surface area contributed by atoms with Gasteiger partial charge in [0.15, 0.2) is 5.43 Å². The number of pyridine rings is 2. The van der Waals surface area contributed by atoms with Gasteiger partial charge in [-0.25, -0.2) is 9.97 Å². The SMILES string of the molecule is CCc1cccc2c(Cl)c([C@H](C)Nc3ncnc4[nH]ccc(=O)c34)n(-c3ccccc3)c(=O)c12. The number of para-hydroxylation sites is 1. The fourth-order valence-electron chi connectivity index (χ4n) is 4.40. The number of anilines is 1. The van der Waals surface area contributed by atoms with Gasteiger partial charge in [0.1, 0.15) is 23.2 Å². The molecule has 3 aromatic heterocycles. The zero-order valence-electron chi connectivity index (χ0n) is 18.7. The van der Waals surface area contributed by atoms with Crippen LogP contribution in [0.2, 0.25) is 5.02 Å². The molecule has 3 heterocycles. The zero-order valence-corrected chi connectivity index (χ0v) is 19.4. The summed E-state index contributed by atoms with van der Waals surface area (Å²) in [7, 11) is 0. The first kappa shape index (κ1) is 21.9. The van der Waals surface area contributed by atoms with Crippen LogP contribution in [-0.4, -0.2) is 19.5 Å². The number of nitrogens with one attached hydrogen (secondary N) is 2. The molecule has 0 aliphatic rings. The molecular weight excluding hydrogens is 450 g/mol. The number of aryl methyl sites for hydroxylation is 1. The molecule has 0 aliphatic heterocycles. The maximum atomic E-state index is 13.9. The summed E-state index contributed by atoms with van der Waals surface area (Å²) in [6, 6.07) is 16.1. The van der Waals surface area contributed by atoms with Gasteiger partial charge in [-0.05, 0) is 31.0 Å². The van der Waals surface area contributed by atoms with E-state index in [0.29, 0.717) is 50.4 Å². The third kappa shape index (κ3) is 3.54. The highest BCUT2D eigenvalue weighted by atomic mass is 35.5. The van der Waals surface area contributed by atoms with Crippen LogP contribution in [0.4, 0.5) is 5.82 Å². The van der Waals surface area contributed by atoms with Crippen LogP contribution in [-0.2, 0) is 6.42 Å². The molecule has 170 valence electrons. The number of H-pyrrole nitrogens is 1. The minimum absolute atomic E-state index is 0.142. The summed E-state index contributed by atoms with van der Waals surface area (Å²) in [6.07, 6.45) is 3.64. The number of fused-ring (bicyclic) bond motifs is 2. The molecule has 0 radical (unpaired) electrons. The summed E-state index contributed by atoms with van der Waals surface area (Å²) in [5.41, 5.74) is 2.30. The highest BCUT2D eigenvalue weighted by Gasteiger charge is 2.23. The second-order valence-corrected chi connectivity index (χ2v) is 8.40. The molecule has 0 amide bonds. The highest BCUT2D eigenvalue weighted by Crippen LogP contribution is 2.34. The summed E-state index contributed by atoms with van der Waals surface area (Å²) in [5, 5.41) is 5.43. The van der Waals surface area contributed by atoms with E-state index in [1.807, 2.05) is 62.4 Å². The van der Waals surface area contributed by atoms with Crippen molar-refractivity contribution in [1.29, 1.82) is 0 Å². The number of rotatable bonds is 5. The second kappa shape index (κ2) is 8.76. The fraction of sp³-hybridized carbons (Fsp3) is 0.154. The topological polar surface area (TPSA) is 92.7 Å². The normalized spacial score (nSPS) is 12.2. The number of aromatic nitrogens is 4.